The van der Waals surface area contributed by atoms with Crippen molar-refractivity contribution in [2.75, 3.05) is 0 Å². The van der Waals surface area contributed by atoms with Gasteiger partial charge >= 0.3 is 6.09 Å². The van der Waals surface area contributed by atoms with Crippen LogP contribution in [0.3, 0.4) is 0 Å². The molecule has 0 radical (unpaired) electrons. The topological polar surface area (TPSA) is 69.4 Å². The fraction of sp³-hybridized carbons (Fsp3) is 0. The molecule has 0 unspecified atom stereocenters. The summed E-state index contributed by atoms with van der Waals surface area (Å²) >= 11 is 5.40. The van der Waals surface area contributed by atoms with Crippen molar-refractivity contribution >= 4 is 24.0 Å². The number of aldehydes is 1. The summed E-state index contributed by atoms with van der Waals surface area (Å²) in [6, 6.07) is 2.34. The van der Waals surface area contributed by atoms with Crippen LogP contribution in [0, 0.1) is 5.82 Å². The predicted octanol–water partition coefficient (Wildman–Crippen LogP) is 1.75. The molecule has 0 saturated carbocycles. The van der Waals surface area contributed by atoms with E-state index in [-0.39, 0.29) is 17.1 Å². The van der Waals surface area contributed by atoms with Crippen molar-refractivity contribution < 1.29 is 18.7 Å². The molecule has 1 amide bonds. The second-order valence-electron chi connectivity index (χ2n) is 2.31. The third-order valence-corrected chi connectivity index (χ3v) is 1.71. The van der Waals surface area contributed by atoms with Gasteiger partial charge in [-0.15, -0.1) is 0 Å². The lowest BCUT2D eigenvalue weighted by Crippen LogP contribution is -2.17. The van der Waals surface area contributed by atoms with Crippen LogP contribution in [-0.2, 0) is 0 Å². The molecular formula is C8H5ClFNO3. The molecule has 1 aromatic carbocycles. The van der Waals surface area contributed by atoms with Crippen LogP contribution in [0.2, 0.25) is 5.02 Å². The van der Waals surface area contributed by atoms with Crippen LogP contribution in [0.25, 0.3) is 0 Å². The van der Waals surface area contributed by atoms with Gasteiger partial charge in [-0.3, -0.25) is 4.79 Å². The Labute approximate surface area is 83.4 Å². The molecule has 74 valence electrons. The smallest absolute Gasteiger partial charge is 0.409 e. The zero-order chi connectivity index (χ0) is 10.7. The molecule has 0 aliphatic carbocycles. The van der Waals surface area contributed by atoms with E-state index in [4.69, 9.17) is 17.3 Å². The monoisotopic (exact) mass is 217 g/mol. The number of benzene rings is 1. The number of hydrogen-bond acceptors (Lipinski definition) is 3. The molecule has 4 nitrogen and oxygen atoms in total. The van der Waals surface area contributed by atoms with Crippen LogP contribution < -0.4 is 10.5 Å². The second-order valence-corrected chi connectivity index (χ2v) is 2.72. The standard InChI is InChI=1S/C8H5ClFNO3/c9-5-1-2-6(14-8(11)13)4(3-12)7(5)10/h1-3H,(H2,11,13). The summed E-state index contributed by atoms with van der Waals surface area (Å²) in [6.45, 7) is 0. The molecule has 0 aromatic heterocycles. The van der Waals surface area contributed by atoms with Gasteiger partial charge in [-0.25, -0.2) is 9.18 Å². The number of carbonyl (C=O) groups excluding carboxylic acids is 2. The Balaban J connectivity index is 3.23. The molecule has 0 aliphatic rings. The van der Waals surface area contributed by atoms with E-state index < -0.39 is 17.5 Å². The average Bonchev–Trinajstić information content (AvgIpc) is 2.11. The Bertz CT molecular complexity index is 394. The normalized spacial score (nSPS) is 9.57. The molecule has 0 bridgehead atoms. The minimum absolute atomic E-state index is 0.194. The Morgan fingerprint density at radius 3 is 2.71 bits per heavy atom. The van der Waals surface area contributed by atoms with Gasteiger partial charge in [0.15, 0.2) is 12.1 Å². The zero-order valence-corrected chi connectivity index (χ0v) is 7.55. The lowest BCUT2D eigenvalue weighted by Gasteiger charge is -2.05. The van der Waals surface area contributed by atoms with Gasteiger partial charge in [-0.2, -0.15) is 0 Å². The molecule has 1 rings (SSSR count). The van der Waals surface area contributed by atoms with Crippen molar-refractivity contribution in [3.05, 3.63) is 28.5 Å². The first-order valence-electron chi connectivity index (χ1n) is 3.46. The molecule has 0 atom stereocenters. The highest BCUT2D eigenvalue weighted by Gasteiger charge is 2.14. The van der Waals surface area contributed by atoms with Crippen LogP contribution in [-0.4, -0.2) is 12.4 Å². The molecular weight excluding hydrogens is 213 g/mol. The molecule has 0 saturated heterocycles. The van der Waals surface area contributed by atoms with E-state index in [1.54, 1.807) is 0 Å². The Kier molecular flexibility index (Phi) is 3.03. The van der Waals surface area contributed by atoms with E-state index >= 15 is 0 Å². The lowest BCUT2D eigenvalue weighted by atomic mass is 10.2. The van der Waals surface area contributed by atoms with Crippen LogP contribution in [0.1, 0.15) is 10.4 Å². The van der Waals surface area contributed by atoms with E-state index in [1.165, 1.54) is 6.07 Å². The van der Waals surface area contributed by atoms with Crippen molar-refractivity contribution in [3.8, 4) is 5.75 Å². The third kappa shape index (κ3) is 2.00. The quantitative estimate of drug-likeness (QED) is 0.768. The van der Waals surface area contributed by atoms with Crippen LogP contribution >= 0.6 is 11.6 Å². The van der Waals surface area contributed by atoms with Crippen molar-refractivity contribution in [2.45, 2.75) is 0 Å². The summed E-state index contributed by atoms with van der Waals surface area (Å²) in [4.78, 5) is 20.8. The zero-order valence-electron chi connectivity index (χ0n) is 6.79. The minimum Gasteiger partial charge on any atom is -0.410 e. The van der Waals surface area contributed by atoms with Gasteiger partial charge in [-0.05, 0) is 12.1 Å². The van der Waals surface area contributed by atoms with Gasteiger partial charge in [0.05, 0.1) is 10.6 Å². The van der Waals surface area contributed by atoms with Crippen LogP contribution in [0.5, 0.6) is 5.75 Å². The van der Waals surface area contributed by atoms with Crippen molar-refractivity contribution in [1.82, 2.24) is 0 Å². The molecule has 0 aliphatic heterocycles. The first-order chi connectivity index (χ1) is 6.56. The molecule has 0 fully saturated rings. The third-order valence-electron chi connectivity index (χ3n) is 1.42. The SMILES string of the molecule is NC(=O)Oc1ccc(Cl)c(F)c1C=O. The van der Waals surface area contributed by atoms with Crippen LogP contribution in [0.4, 0.5) is 9.18 Å². The van der Waals surface area contributed by atoms with Crippen molar-refractivity contribution in [2.24, 2.45) is 5.73 Å². The highest BCUT2D eigenvalue weighted by Crippen LogP contribution is 2.25. The van der Waals surface area contributed by atoms with Gasteiger partial charge in [0.25, 0.3) is 0 Å². The lowest BCUT2D eigenvalue weighted by molar-refractivity contribution is 0.111. The van der Waals surface area contributed by atoms with Crippen molar-refractivity contribution in [3.63, 3.8) is 0 Å². The maximum Gasteiger partial charge on any atom is 0.409 e. The molecule has 6 heteroatoms. The van der Waals surface area contributed by atoms with E-state index in [2.05, 4.69) is 4.74 Å². The Morgan fingerprint density at radius 1 is 1.57 bits per heavy atom. The van der Waals surface area contributed by atoms with Gasteiger partial charge in [-0.1, -0.05) is 11.6 Å². The van der Waals surface area contributed by atoms with Gasteiger partial charge in [0.2, 0.25) is 0 Å². The maximum absolute atomic E-state index is 13.1. The number of hydrogen-bond donors (Lipinski definition) is 1. The maximum atomic E-state index is 13.1. The summed E-state index contributed by atoms with van der Waals surface area (Å²) in [5.74, 6) is -1.20. The molecule has 0 spiro atoms. The summed E-state index contributed by atoms with van der Waals surface area (Å²) < 4.78 is 17.5. The molecule has 14 heavy (non-hydrogen) atoms. The number of rotatable bonds is 2. The number of halogens is 2. The number of amides is 1. The van der Waals surface area contributed by atoms with E-state index in [9.17, 15) is 14.0 Å². The van der Waals surface area contributed by atoms with Gasteiger partial charge in [0.1, 0.15) is 5.75 Å². The van der Waals surface area contributed by atoms with E-state index in [1.807, 2.05) is 0 Å². The Morgan fingerprint density at radius 2 is 2.21 bits per heavy atom. The summed E-state index contributed by atoms with van der Waals surface area (Å²) in [6.07, 6.45) is -0.936. The number of nitrogens with two attached hydrogens (primary N) is 1. The van der Waals surface area contributed by atoms with E-state index in [0.717, 1.165) is 6.07 Å². The van der Waals surface area contributed by atoms with E-state index in [0.29, 0.717) is 0 Å². The molecule has 1 aromatic rings. The first-order valence-corrected chi connectivity index (χ1v) is 3.84. The number of primary amides is 1. The van der Waals surface area contributed by atoms with Gasteiger partial charge < -0.3 is 10.5 Å². The molecule has 2 N–H and O–H groups in total. The van der Waals surface area contributed by atoms with Crippen molar-refractivity contribution in [1.29, 1.82) is 0 Å². The van der Waals surface area contributed by atoms with Gasteiger partial charge in [0, 0.05) is 0 Å². The minimum atomic E-state index is -1.13. The summed E-state index contributed by atoms with van der Waals surface area (Å²) in [5.41, 5.74) is 4.27. The second kappa shape index (κ2) is 4.06. The average molecular weight is 218 g/mol. The molecule has 0 heterocycles. The fourth-order valence-corrected chi connectivity index (χ4v) is 1.02. The van der Waals surface area contributed by atoms with Crippen LogP contribution in [0.15, 0.2) is 12.1 Å². The highest BCUT2D eigenvalue weighted by molar-refractivity contribution is 6.31. The highest BCUT2D eigenvalue weighted by atomic mass is 35.5. The summed E-state index contributed by atoms with van der Waals surface area (Å²) in [7, 11) is 0. The fourth-order valence-electron chi connectivity index (χ4n) is 0.856. The first kappa shape index (κ1) is 10.5. The number of carbonyl (C=O) groups is 2. The largest absolute Gasteiger partial charge is 0.410 e. The summed E-state index contributed by atoms with van der Waals surface area (Å²) in [5, 5.41) is -0.232. The Hall–Kier alpha value is -1.62. The predicted molar refractivity (Wildman–Crippen MR) is 47.0 cm³/mol. The number of ether oxygens (including phenoxy) is 1.